The Kier molecular flexibility index (Phi) is 9.08. The number of hydrogen-bond donors (Lipinski definition) is 2. The normalized spacial score (nSPS) is 11.8. The maximum absolute atomic E-state index is 12.5. The van der Waals surface area contributed by atoms with E-state index in [1.54, 1.807) is 26.4 Å². The highest BCUT2D eigenvalue weighted by atomic mass is 16.5. The van der Waals surface area contributed by atoms with Crippen LogP contribution in [0.1, 0.15) is 41.9 Å². The Morgan fingerprint density at radius 1 is 0.895 bits per heavy atom. The molecule has 0 aromatic heterocycles. The first-order valence-electron chi connectivity index (χ1n) is 12.7. The van der Waals surface area contributed by atoms with E-state index in [4.69, 9.17) is 24.1 Å². The van der Waals surface area contributed by atoms with E-state index in [2.05, 4.69) is 29.6 Å². The summed E-state index contributed by atoms with van der Waals surface area (Å²) >= 11 is 0. The minimum Gasteiger partial charge on any atom is -0.496 e. The van der Waals surface area contributed by atoms with Crippen LogP contribution in [0.3, 0.4) is 0 Å². The lowest BCUT2D eigenvalue weighted by Crippen LogP contribution is -2.28. The second kappa shape index (κ2) is 12.9. The third kappa shape index (κ3) is 6.37. The molecule has 1 aliphatic carbocycles. The topological polar surface area (TPSA) is 103 Å². The fourth-order valence-electron chi connectivity index (χ4n) is 4.80. The van der Waals surface area contributed by atoms with Crippen LogP contribution in [0.25, 0.3) is 11.1 Å². The van der Waals surface area contributed by atoms with Crippen molar-refractivity contribution in [3.05, 3.63) is 77.4 Å². The van der Waals surface area contributed by atoms with Crippen LogP contribution in [0.2, 0.25) is 0 Å². The summed E-state index contributed by atoms with van der Waals surface area (Å²) in [5.41, 5.74) is 5.50. The zero-order chi connectivity index (χ0) is 26.9. The predicted molar refractivity (Wildman–Crippen MR) is 143 cm³/mol. The molecule has 8 heteroatoms. The molecule has 200 valence electrons. The monoisotopic (exact) mass is 519 g/mol. The first kappa shape index (κ1) is 26.9. The van der Waals surface area contributed by atoms with E-state index in [9.17, 15) is 9.59 Å². The van der Waals surface area contributed by atoms with Gasteiger partial charge in [0.2, 0.25) is 0 Å². The number of carboxylic acid groups (broad SMARTS) is 1. The Morgan fingerprint density at radius 3 is 2.08 bits per heavy atom. The van der Waals surface area contributed by atoms with E-state index in [1.165, 1.54) is 22.3 Å². The van der Waals surface area contributed by atoms with Crippen LogP contribution in [-0.2, 0) is 16.0 Å². The van der Waals surface area contributed by atoms with Crippen LogP contribution in [-0.4, -0.2) is 51.1 Å². The number of ether oxygens (including phenoxy) is 4. The summed E-state index contributed by atoms with van der Waals surface area (Å²) in [6.45, 7) is 0.978. The highest BCUT2D eigenvalue weighted by molar-refractivity contribution is 5.79. The summed E-state index contributed by atoms with van der Waals surface area (Å²) in [5, 5.41) is 11.6. The van der Waals surface area contributed by atoms with Gasteiger partial charge in [0.25, 0.3) is 0 Å². The first-order chi connectivity index (χ1) is 18.5. The second-order valence-electron chi connectivity index (χ2n) is 9.01. The van der Waals surface area contributed by atoms with Crippen LogP contribution in [0, 0.1) is 0 Å². The molecule has 8 nitrogen and oxygen atoms in total. The largest absolute Gasteiger partial charge is 0.496 e. The number of rotatable bonds is 13. The number of alkyl carbamates (subject to hydrolysis) is 1. The highest BCUT2D eigenvalue weighted by Crippen LogP contribution is 2.44. The number of aliphatic carboxylic acids is 1. The Bertz CT molecular complexity index is 1200. The number of unbranched alkanes of at least 4 members (excludes halogenated alkanes) is 1. The van der Waals surface area contributed by atoms with Crippen LogP contribution < -0.4 is 19.5 Å². The minimum absolute atomic E-state index is 0.00464. The molecule has 0 spiro atoms. The molecular formula is C30H33NO7. The third-order valence-electron chi connectivity index (χ3n) is 6.62. The third-order valence-corrected chi connectivity index (χ3v) is 6.62. The summed E-state index contributed by atoms with van der Waals surface area (Å²) in [7, 11) is 3.13. The van der Waals surface area contributed by atoms with Crippen LogP contribution in [0.4, 0.5) is 4.79 Å². The summed E-state index contributed by atoms with van der Waals surface area (Å²) in [6, 6.07) is 20.0. The van der Waals surface area contributed by atoms with Gasteiger partial charge in [-0.3, -0.25) is 4.79 Å². The number of carboxylic acids is 1. The van der Waals surface area contributed by atoms with Crippen molar-refractivity contribution in [3.8, 4) is 28.4 Å². The van der Waals surface area contributed by atoms with E-state index < -0.39 is 12.1 Å². The summed E-state index contributed by atoms with van der Waals surface area (Å²) in [5.74, 6) is 0.926. The number of hydrogen-bond acceptors (Lipinski definition) is 6. The fraction of sp³-hybridized carbons (Fsp3) is 0.333. The van der Waals surface area contributed by atoms with E-state index >= 15 is 0 Å². The molecule has 0 bridgehead atoms. The molecule has 3 aromatic rings. The van der Waals surface area contributed by atoms with Gasteiger partial charge >= 0.3 is 12.1 Å². The smallest absolute Gasteiger partial charge is 0.407 e. The molecule has 4 rings (SSSR count). The molecule has 0 saturated carbocycles. The van der Waals surface area contributed by atoms with Crippen molar-refractivity contribution in [2.45, 2.75) is 31.6 Å². The predicted octanol–water partition coefficient (Wildman–Crippen LogP) is 5.42. The average molecular weight is 520 g/mol. The van der Waals surface area contributed by atoms with Crippen molar-refractivity contribution < 1.29 is 33.6 Å². The number of nitrogens with one attached hydrogen (secondary N) is 1. The maximum atomic E-state index is 12.5. The summed E-state index contributed by atoms with van der Waals surface area (Å²) < 4.78 is 22.5. The highest BCUT2D eigenvalue weighted by Gasteiger charge is 2.29. The van der Waals surface area contributed by atoms with Gasteiger partial charge in [0.15, 0.2) is 0 Å². The molecule has 38 heavy (non-hydrogen) atoms. The van der Waals surface area contributed by atoms with Crippen LogP contribution in [0.5, 0.6) is 17.2 Å². The van der Waals surface area contributed by atoms with Gasteiger partial charge in [-0.25, -0.2) is 4.79 Å². The van der Waals surface area contributed by atoms with Crippen molar-refractivity contribution in [2.75, 3.05) is 34.0 Å². The number of carbonyl (C=O) groups excluding carboxylic acids is 1. The molecule has 1 aliphatic rings. The zero-order valence-corrected chi connectivity index (χ0v) is 21.7. The van der Waals surface area contributed by atoms with Gasteiger partial charge in [-0.15, -0.1) is 0 Å². The molecular weight excluding hydrogens is 486 g/mol. The Labute approximate surface area is 222 Å². The van der Waals surface area contributed by atoms with Crippen LogP contribution >= 0.6 is 0 Å². The van der Waals surface area contributed by atoms with E-state index in [0.29, 0.717) is 49.7 Å². The number of benzene rings is 3. The maximum Gasteiger partial charge on any atom is 0.407 e. The number of fused-ring (bicyclic) bond motifs is 3. The lowest BCUT2D eigenvalue weighted by atomic mass is 9.98. The summed E-state index contributed by atoms with van der Waals surface area (Å²) in [4.78, 5) is 23.2. The van der Waals surface area contributed by atoms with Gasteiger partial charge in [0, 0.05) is 36.6 Å². The van der Waals surface area contributed by atoms with Crippen molar-refractivity contribution in [1.82, 2.24) is 5.32 Å². The van der Waals surface area contributed by atoms with Gasteiger partial charge in [-0.05, 0) is 41.5 Å². The van der Waals surface area contributed by atoms with Gasteiger partial charge in [-0.2, -0.15) is 0 Å². The molecule has 0 fully saturated rings. The molecule has 1 amide bonds. The first-order valence-corrected chi connectivity index (χ1v) is 12.7. The number of methoxy groups -OCH3 is 2. The molecule has 0 radical (unpaired) electrons. The van der Waals surface area contributed by atoms with Crippen molar-refractivity contribution in [2.24, 2.45) is 0 Å². The quantitative estimate of drug-likeness (QED) is 0.291. The Balaban J connectivity index is 1.30. The van der Waals surface area contributed by atoms with Crippen molar-refractivity contribution in [3.63, 3.8) is 0 Å². The summed E-state index contributed by atoms with van der Waals surface area (Å²) in [6.07, 6.45) is 1.28. The van der Waals surface area contributed by atoms with E-state index in [-0.39, 0.29) is 18.9 Å². The van der Waals surface area contributed by atoms with Crippen LogP contribution in [0.15, 0.2) is 60.7 Å². The minimum atomic E-state index is -0.815. The number of amides is 1. The SMILES string of the molecule is COc1cc(OCCCCC(=O)O)cc(OC)c1CCNC(=O)OCC1c2ccccc2-c2ccccc21. The Morgan fingerprint density at radius 2 is 1.50 bits per heavy atom. The molecule has 3 aromatic carbocycles. The van der Waals surface area contributed by atoms with Gasteiger partial charge in [-0.1, -0.05) is 48.5 Å². The lowest BCUT2D eigenvalue weighted by Gasteiger charge is -2.17. The lowest BCUT2D eigenvalue weighted by molar-refractivity contribution is -0.137. The van der Waals surface area contributed by atoms with Gasteiger partial charge in [0.05, 0.1) is 20.8 Å². The molecule has 0 saturated heterocycles. The fourth-order valence-corrected chi connectivity index (χ4v) is 4.80. The molecule has 0 atom stereocenters. The average Bonchev–Trinajstić information content (AvgIpc) is 3.25. The standard InChI is InChI=1S/C30H33NO7/c1-35-27-17-20(37-16-8-7-13-29(32)33)18-28(36-2)25(27)14-15-31-30(34)38-19-26-23-11-5-3-9-21(23)22-10-4-6-12-24(22)26/h3-6,9-12,17-18,26H,7-8,13-16,19H2,1-2H3,(H,31,34)(H,32,33). The second-order valence-corrected chi connectivity index (χ2v) is 9.01. The molecule has 2 N–H and O–H groups in total. The zero-order valence-electron chi connectivity index (χ0n) is 21.7. The number of carbonyl (C=O) groups is 2. The van der Waals surface area contributed by atoms with E-state index in [0.717, 1.165) is 5.56 Å². The molecule has 0 aliphatic heterocycles. The Hall–Kier alpha value is -4.20. The molecule has 0 unspecified atom stereocenters. The van der Waals surface area contributed by atoms with Crippen molar-refractivity contribution in [1.29, 1.82) is 0 Å². The van der Waals surface area contributed by atoms with E-state index in [1.807, 2.05) is 24.3 Å². The van der Waals surface area contributed by atoms with Gasteiger partial charge in [0.1, 0.15) is 23.9 Å². The van der Waals surface area contributed by atoms with Gasteiger partial charge < -0.3 is 29.4 Å². The van der Waals surface area contributed by atoms with Crippen molar-refractivity contribution >= 4 is 12.1 Å². The molecule has 0 heterocycles.